The number of carbonyl (C=O) groups is 1. The number of amides is 1. The Hall–Kier alpha value is -2.20. The molecule has 1 amide bonds. The fraction of sp³-hybridized carbons (Fsp3) is 0.412. The van der Waals surface area contributed by atoms with Gasteiger partial charge in [-0.2, -0.15) is 18.4 Å². The van der Waals surface area contributed by atoms with E-state index in [1.54, 1.807) is 11.0 Å². The van der Waals surface area contributed by atoms with E-state index in [0.717, 1.165) is 12.1 Å². The predicted molar refractivity (Wildman–Crippen MR) is 90.9 cm³/mol. The highest BCUT2D eigenvalue weighted by atomic mass is 35.5. The first kappa shape index (κ1) is 20.8. The van der Waals surface area contributed by atoms with Crippen LogP contribution < -0.4 is 5.32 Å². The average Bonchev–Trinajstić information content (AvgIpc) is 2.47. The maximum Gasteiger partial charge on any atom is 0.417 e. The Balaban J connectivity index is 3.11. The Labute approximate surface area is 149 Å². The van der Waals surface area contributed by atoms with Crippen molar-refractivity contribution >= 4 is 23.2 Å². The maximum atomic E-state index is 12.9. The number of carbonyl (C=O) groups excluding carboxylic acids is 1. The van der Waals surface area contributed by atoms with Crippen molar-refractivity contribution in [2.24, 2.45) is 0 Å². The topological polar surface area (TPSA) is 56.1 Å². The fourth-order valence-corrected chi connectivity index (χ4v) is 2.30. The summed E-state index contributed by atoms with van der Waals surface area (Å²) in [6, 6.07) is 4.79. The highest BCUT2D eigenvalue weighted by Crippen LogP contribution is 2.36. The molecule has 1 aromatic rings. The molecular formula is C17H19ClF3N3O. The summed E-state index contributed by atoms with van der Waals surface area (Å²) in [6.45, 7) is 8.16. The SMILES string of the molecule is CCN(/C=C(/C#N)C(=O)Nc1ccc(Cl)c(C(F)(F)F)c1)C(C)(C)C. The van der Waals surface area contributed by atoms with Crippen molar-refractivity contribution in [3.8, 4) is 6.07 Å². The van der Waals surface area contributed by atoms with Gasteiger partial charge in [-0.25, -0.2) is 0 Å². The van der Waals surface area contributed by atoms with Crippen molar-refractivity contribution in [3.63, 3.8) is 0 Å². The lowest BCUT2D eigenvalue weighted by Gasteiger charge is -2.33. The van der Waals surface area contributed by atoms with E-state index in [9.17, 15) is 23.2 Å². The zero-order valence-corrected chi connectivity index (χ0v) is 15.1. The van der Waals surface area contributed by atoms with Gasteiger partial charge in [0.2, 0.25) is 0 Å². The number of hydrogen-bond donors (Lipinski definition) is 1. The van der Waals surface area contributed by atoms with E-state index in [-0.39, 0.29) is 16.8 Å². The standard InChI is InChI=1S/C17H19ClF3N3O/c1-5-24(16(2,3)4)10-11(9-22)15(25)23-12-6-7-14(18)13(8-12)17(19,20)21/h6-8,10H,5H2,1-4H3,(H,23,25)/b11-10-. The van der Waals surface area contributed by atoms with Crippen molar-refractivity contribution in [2.45, 2.75) is 39.4 Å². The molecule has 0 unspecified atom stereocenters. The molecule has 136 valence electrons. The molecule has 8 heteroatoms. The number of hydrogen-bond acceptors (Lipinski definition) is 3. The van der Waals surface area contributed by atoms with Crippen molar-refractivity contribution < 1.29 is 18.0 Å². The van der Waals surface area contributed by atoms with Crippen LogP contribution in [0.25, 0.3) is 0 Å². The summed E-state index contributed by atoms with van der Waals surface area (Å²) in [7, 11) is 0. The second kappa shape index (κ2) is 7.79. The summed E-state index contributed by atoms with van der Waals surface area (Å²) < 4.78 is 38.6. The van der Waals surface area contributed by atoms with Gasteiger partial charge in [0.25, 0.3) is 5.91 Å². The van der Waals surface area contributed by atoms with E-state index in [1.165, 1.54) is 12.3 Å². The Kier molecular flexibility index (Phi) is 6.49. The van der Waals surface area contributed by atoms with Crippen LogP contribution in [0.5, 0.6) is 0 Å². The van der Waals surface area contributed by atoms with Crippen LogP contribution in [-0.4, -0.2) is 22.9 Å². The normalized spacial score (nSPS) is 12.5. The first-order valence-electron chi connectivity index (χ1n) is 7.47. The van der Waals surface area contributed by atoms with Crippen LogP contribution in [0.3, 0.4) is 0 Å². The van der Waals surface area contributed by atoms with Crippen molar-refractivity contribution in [1.29, 1.82) is 5.26 Å². The lowest BCUT2D eigenvalue weighted by Crippen LogP contribution is -2.37. The summed E-state index contributed by atoms with van der Waals surface area (Å²) in [5, 5.41) is 11.0. The Bertz CT molecular complexity index is 715. The monoisotopic (exact) mass is 373 g/mol. The summed E-state index contributed by atoms with van der Waals surface area (Å²) in [5.41, 5.74) is -1.68. The number of rotatable bonds is 4. The minimum atomic E-state index is -4.64. The molecule has 0 bridgehead atoms. The van der Waals surface area contributed by atoms with Gasteiger partial charge >= 0.3 is 6.18 Å². The molecule has 0 aliphatic heterocycles. The molecule has 25 heavy (non-hydrogen) atoms. The summed E-state index contributed by atoms with van der Waals surface area (Å²) in [5.74, 6) is -0.791. The van der Waals surface area contributed by atoms with Crippen LogP contribution >= 0.6 is 11.6 Å². The lowest BCUT2D eigenvalue weighted by atomic mass is 10.1. The maximum absolute atomic E-state index is 12.9. The fourth-order valence-electron chi connectivity index (χ4n) is 2.07. The third kappa shape index (κ3) is 5.68. The highest BCUT2D eigenvalue weighted by molar-refractivity contribution is 6.31. The lowest BCUT2D eigenvalue weighted by molar-refractivity contribution is -0.137. The van der Waals surface area contributed by atoms with Crippen LogP contribution in [0, 0.1) is 11.3 Å². The summed E-state index contributed by atoms with van der Waals surface area (Å²) >= 11 is 5.54. The first-order valence-corrected chi connectivity index (χ1v) is 7.84. The highest BCUT2D eigenvalue weighted by Gasteiger charge is 2.33. The van der Waals surface area contributed by atoms with E-state index in [0.29, 0.717) is 6.54 Å². The van der Waals surface area contributed by atoms with E-state index in [2.05, 4.69) is 5.32 Å². The van der Waals surface area contributed by atoms with Gasteiger partial charge in [0.15, 0.2) is 0 Å². The Morgan fingerprint density at radius 3 is 2.40 bits per heavy atom. The molecule has 1 aromatic carbocycles. The molecule has 0 fully saturated rings. The third-order valence-electron chi connectivity index (χ3n) is 3.38. The molecular weight excluding hydrogens is 355 g/mol. The van der Waals surface area contributed by atoms with E-state index < -0.39 is 22.7 Å². The van der Waals surface area contributed by atoms with Crippen LogP contribution in [0.4, 0.5) is 18.9 Å². The molecule has 0 aromatic heterocycles. The van der Waals surface area contributed by atoms with Crippen LogP contribution in [-0.2, 0) is 11.0 Å². The van der Waals surface area contributed by atoms with Crippen LogP contribution in [0.1, 0.15) is 33.3 Å². The van der Waals surface area contributed by atoms with E-state index in [1.807, 2.05) is 27.7 Å². The Morgan fingerprint density at radius 2 is 1.96 bits per heavy atom. The molecule has 0 saturated heterocycles. The van der Waals surface area contributed by atoms with E-state index in [4.69, 9.17) is 11.6 Å². The minimum absolute atomic E-state index is 0.0957. The van der Waals surface area contributed by atoms with Gasteiger partial charge < -0.3 is 10.2 Å². The van der Waals surface area contributed by atoms with E-state index >= 15 is 0 Å². The number of nitrogens with one attached hydrogen (secondary N) is 1. The van der Waals surface area contributed by atoms with Gasteiger partial charge in [-0.1, -0.05) is 11.6 Å². The van der Waals surface area contributed by atoms with Crippen molar-refractivity contribution in [3.05, 3.63) is 40.6 Å². The van der Waals surface area contributed by atoms with Crippen molar-refractivity contribution in [1.82, 2.24) is 4.90 Å². The number of halogens is 4. The second-order valence-electron chi connectivity index (χ2n) is 6.26. The molecule has 1 rings (SSSR count). The molecule has 1 N–H and O–H groups in total. The largest absolute Gasteiger partial charge is 0.417 e. The molecule has 0 radical (unpaired) electrons. The van der Waals surface area contributed by atoms with Gasteiger partial charge in [0.1, 0.15) is 11.6 Å². The van der Waals surface area contributed by atoms with Gasteiger partial charge in [0.05, 0.1) is 10.6 Å². The number of nitrogens with zero attached hydrogens (tertiary/aromatic N) is 2. The minimum Gasteiger partial charge on any atom is -0.372 e. The zero-order chi connectivity index (χ0) is 19.4. The van der Waals surface area contributed by atoms with Crippen LogP contribution in [0.15, 0.2) is 30.0 Å². The summed E-state index contributed by atoms with van der Waals surface area (Å²) in [4.78, 5) is 14.0. The molecule has 0 aliphatic carbocycles. The van der Waals surface area contributed by atoms with Gasteiger partial charge in [0, 0.05) is 24.0 Å². The van der Waals surface area contributed by atoms with Gasteiger partial charge in [-0.05, 0) is 45.9 Å². The molecule has 0 atom stereocenters. The average molecular weight is 374 g/mol. The Morgan fingerprint density at radius 1 is 1.36 bits per heavy atom. The smallest absolute Gasteiger partial charge is 0.372 e. The first-order chi connectivity index (χ1) is 11.4. The number of nitriles is 1. The predicted octanol–water partition coefficient (Wildman–Crippen LogP) is 4.83. The zero-order valence-electron chi connectivity index (χ0n) is 14.3. The van der Waals surface area contributed by atoms with Gasteiger partial charge in [-0.3, -0.25) is 4.79 Å². The molecule has 4 nitrogen and oxygen atoms in total. The van der Waals surface area contributed by atoms with Crippen LogP contribution in [0.2, 0.25) is 5.02 Å². The second-order valence-corrected chi connectivity index (χ2v) is 6.67. The summed E-state index contributed by atoms with van der Waals surface area (Å²) in [6.07, 6.45) is -3.24. The van der Waals surface area contributed by atoms with Gasteiger partial charge in [-0.15, -0.1) is 0 Å². The molecule has 0 aliphatic rings. The number of benzene rings is 1. The molecule has 0 spiro atoms. The quantitative estimate of drug-likeness (QED) is 0.607. The number of alkyl halides is 3. The molecule has 0 saturated carbocycles. The number of anilines is 1. The molecule has 0 heterocycles. The third-order valence-corrected chi connectivity index (χ3v) is 3.71. The van der Waals surface area contributed by atoms with Crippen molar-refractivity contribution in [2.75, 3.05) is 11.9 Å².